The van der Waals surface area contributed by atoms with Crippen LogP contribution in [0.2, 0.25) is 0 Å². The number of carbonyl (C=O) groups is 2. The number of carbonyl (C=O) groups excluding carboxylic acids is 2. The number of rotatable bonds is 7. The van der Waals surface area contributed by atoms with Gasteiger partial charge in [0, 0.05) is 0 Å². The van der Waals surface area contributed by atoms with Crippen LogP contribution in [0.5, 0.6) is 11.5 Å². The number of hydrogen-bond acceptors (Lipinski definition) is 6. The standard InChI is InChI=1S/C20H18N2O4S2/c1-2-25-16-6-4-3-5-15(16)21-18(23)12-26-14-9-7-13(8-10-14)11-17-19(24)22-20(27)28-17/h3-11H,2,12H2,1H3,(H,21,23)(H,22,24,27)/b17-11-. The van der Waals surface area contributed by atoms with E-state index < -0.39 is 0 Å². The average molecular weight is 415 g/mol. The zero-order valence-electron chi connectivity index (χ0n) is 15.1. The smallest absolute Gasteiger partial charge is 0.263 e. The van der Waals surface area contributed by atoms with Crippen molar-refractivity contribution in [2.45, 2.75) is 6.92 Å². The van der Waals surface area contributed by atoms with E-state index in [0.29, 0.717) is 33.0 Å². The fourth-order valence-electron chi connectivity index (χ4n) is 2.42. The Morgan fingerprint density at radius 3 is 2.61 bits per heavy atom. The van der Waals surface area contributed by atoms with Gasteiger partial charge in [-0.15, -0.1) is 0 Å². The molecule has 3 rings (SSSR count). The maximum absolute atomic E-state index is 12.1. The lowest BCUT2D eigenvalue weighted by atomic mass is 10.2. The van der Waals surface area contributed by atoms with Crippen molar-refractivity contribution < 1.29 is 19.1 Å². The summed E-state index contributed by atoms with van der Waals surface area (Å²) < 4.78 is 11.5. The quantitative estimate of drug-likeness (QED) is 0.533. The average Bonchev–Trinajstić information content (AvgIpc) is 3.00. The third kappa shape index (κ3) is 5.34. The molecule has 0 aliphatic carbocycles. The Balaban J connectivity index is 1.55. The molecule has 0 atom stereocenters. The second-order valence-corrected chi connectivity index (χ2v) is 7.41. The van der Waals surface area contributed by atoms with E-state index in [2.05, 4.69) is 10.6 Å². The number of para-hydroxylation sites is 2. The molecule has 0 unspecified atom stereocenters. The van der Waals surface area contributed by atoms with Crippen molar-refractivity contribution in [3.8, 4) is 11.5 Å². The molecular formula is C20H18N2O4S2. The fraction of sp³-hybridized carbons (Fsp3) is 0.150. The lowest BCUT2D eigenvalue weighted by molar-refractivity contribution is -0.118. The van der Waals surface area contributed by atoms with Gasteiger partial charge in [-0.25, -0.2) is 0 Å². The van der Waals surface area contributed by atoms with Crippen molar-refractivity contribution in [2.24, 2.45) is 0 Å². The maximum atomic E-state index is 12.1. The summed E-state index contributed by atoms with van der Waals surface area (Å²) in [5.74, 6) is 0.684. The Morgan fingerprint density at radius 1 is 1.18 bits per heavy atom. The second-order valence-electron chi connectivity index (χ2n) is 5.69. The summed E-state index contributed by atoms with van der Waals surface area (Å²) in [5.41, 5.74) is 1.44. The van der Waals surface area contributed by atoms with E-state index in [1.54, 1.807) is 42.5 Å². The highest BCUT2D eigenvalue weighted by atomic mass is 32.2. The van der Waals surface area contributed by atoms with Gasteiger partial charge in [0.2, 0.25) is 0 Å². The molecule has 0 bridgehead atoms. The monoisotopic (exact) mass is 414 g/mol. The zero-order valence-corrected chi connectivity index (χ0v) is 16.7. The summed E-state index contributed by atoms with van der Waals surface area (Å²) in [5, 5.41) is 5.35. The summed E-state index contributed by atoms with van der Waals surface area (Å²) >= 11 is 6.19. The molecule has 2 aromatic rings. The number of thiocarbonyl (C=S) groups is 1. The van der Waals surface area contributed by atoms with Crippen molar-refractivity contribution in [1.29, 1.82) is 0 Å². The summed E-state index contributed by atoms with van der Waals surface area (Å²) in [7, 11) is 0. The molecule has 8 heteroatoms. The molecule has 0 spiro atoms. The highest BCUT2D eigenvalue weighted by molar-refractivity contribution is 8.26. The SMILES string of the molecule is CCOc1ccccc1NC(=O)COc1ccc(/C=C2\SC(=S)NC2=O)cc1. The number of thioether (sulfide) groups is 1. The van der Waals surface area contributed by atoms with Gasteiger partial charge in [0.25, 0.3) is 11.8 Å². The van der Waals surface area contributed by atoms with E-state index in [-0.39, 0.29) is 18.4 Å². The first-order valence-corrected chi connectivity index (χ1v) is 9.77. The van der Waals surface area contributed by atoms with Gasteiger partial charge in [0.15, 0.2) is 6.61 Å². The zero-order chi connectivity index (χ0) is 19.9. The van der Waals surface area contributed by atoms with Gasteiger partial charge in [-0.3, -0.25) is 9.59 Å². The third-order valence-corrected chi connectivity index (χ3v) is 4.81. The summed E-state index contributed by atoms with van der Waals surface area (Å²) in [6, 6.07) is 14.3. The van der Waals surface area contributed by atoms with Crippen LogP contribution < -0.4 is 20.1 Å². The molecule has 0 saturated carbocycles. The summed E-state index contributed by atoms with van der Waals surface area (Å²) in [4.78, 5) is 24.4. The molecule has 144 valence electrons. The van der Waals surface area contributed by atoms with Crippen molar-refractivity contribution in [3.05, 3.63) is 59.0 Å². The molecule has 6 nitrogen and oxygen atoms in total. The minimum absolute atomic E-state index is 0.132. The molecule has 1 heterocycles. The number of benzene rings is 2. The van der Waals surface area contributed by atoms with Crippen molar-refractivity contribution in [2.75, 3.05) is 18.5 Å². The minimum Gasteiger partial charge on any atom is -0.492 e. The second kappa shape index (κ2) is 9.38. The predicted molar refractivity (Wildman–Crippen MR) is 114 cm³/mol. The van der Waals surface area contributed by atoms with Gasteiger partial charge in [-0.1, -0.05) is 48.2 Å². The molecule has 1 aliphatic rings. The molecule has 28 heavy (non-hydrogen) atoms. The Kier molecular flexibility index (Phi) is 6.67. The van der Waals surface area contributed by atoms with E-state index in [9.17, 15) is 9.59 Å². The highest BCUT2D eigenvalue weighted by Gasteiger charge is 2.21. The molecule has 1 aliphatic heterocycles. The first-order valence-electron chi connectivity index (χ1n) is 8.54. The lowest BCUT2D eigenvalue weighted by Crippen LogP contribution is -2.20. The first-order chi connectivity index (χ1) is 13.5. The third-order valence-electron chi connectivity index (χ3n) is 3.65. The molecule has 2 aromatic carbocycles. The van der Waals surface area contributed by atoms with Crippen LogP contribution in [0.4, 0.5) is 5.69 Å². The van der Waals surface area contributed by atoms with Gasteiger partial charge < -0.3 is 20.1 Å². The van der Waals surface area contributed by atoms with Crippen LogP contribution in [-0.2, 0) is 9.59 Å². The molecule has 1 fully saturated rings. The number of ether oxygens (including phenoxy) is 2. The van der Waals surface area contributed by atoms with E-state index in [4.69, 9.17) is 21.7 Å². The largest absolute Gasteiger partial charge is 0.492 e. The van der Waals surface area contributed by atoms with Crippen molar-refractivity contribution in [1.82, 2.24) is 5.32 Å². The Hall–Kier alpha value is -2.84. The van der Waals surface area contributed by atoms with E-state index in [1.807, 2.05) is 19.1 Å². The Labute approximate surface area is 172 Å². The van der Waals surface area contributed by atoms with Gasteiger partial charge in [-0.05, 0) is 42.8 Å². The van der Waals surface area contributed by atoms with E-state index in [0.717, 1.165) is 5.56 Å². The van der Waals surface area contributed by atoms with E-state index in [1.165, 1.54) is 11.8 Å². The summed E-state index contributed by atoms with van der Waals surface area (Å²) in [6.45, 7) is 2.26. The van der Waals surface area contributed by atoms with Crippen LogP contribution in [0, 0.1) is 0 Å². The molecular weight excluding hydrogens is 396 g/mol. The number of amides is 2. The molecule has 2 N–H and O–H groups in total. The molecule has 0 aromatic heterocycles. The number of nitrogens with one attached hydrogen (secondary N) is 2. The highest BCUT2D eigenvalue weighted by Crippen LogP contribution is 2.26. The van der Waals surface area contributed by atoms with Crippen molar-refractivity contribution >= 4 is 51.9 Å². The van der Waals surface area contributed by atoms with Crippen molar-refractivity contribution in [3.63, 3.8) is 0 Å². The fourth-order valence-corrected chi connectivity index (χ4v) is 3.46. The lowest BCUT2D eigenvalue weighted by Gasteiger charge is -2.11. The number of hydrogen-bond donors (Lipinski definition) is 2. The predicted octanol–water partition coefficient (Wildman–Crippen LogP) is 3.59. The van der Waals surface area contributed by atoms with Crippen LogP contribution in [-0.4, -0.2) is 29.3 Å². The summed E-state index contributed by atoms with van der Waals surface area (Å²) in [6.07, 6.45) is 1.75. The Morgan fingerprint density at radius 2 is 1.93 bits per heavy atom. The maximum Gasteiger partial charge on any atom is 0.263 e. The molecule has 1 saturated heterocycles. The minimum atomic E-state index is -0.286. The van der Waals surface area contributed by atoms with E-state index >= 15 is 0 Å². The van der Waals surface area contributed by atoms with Gasteiger partial charge >= 0.3 is 0 Å². The van der Waals surface area contributed by atoms with Crippen LogP contribution in [0.1, 0.15) is 12.5 Å². The van der Waals surface area contributed by atoms with Crippen LogP contribution in [0.3, 0.4) is 0 Å². The normalized spacial score (nSPS) is 14.7. The van der Waals surface area contributed by atoms with Gasteiger partial charge in [0.05, 0.1) is 17.2 Å². The first kappa shape index (κ1) is 19.9. The van der Waals surface area contributed by atoms with Crippen LogP contribution in [0.15, 0.2) is 53.4 Å². The topological polar surface area (TPSA) is 76.7 Å². The van der Waals surface area contributed by atoms with Crippen LogP contribution >= 0.6 is 24.0 Å². The Bertz CT molecular complexity index is 926. The van der Waals surface area contributed by atoms with Gasteiger partial charge in [0.1, 0.15) is 15.8 Å². The van der Waals surface area contributed by atoms with Gasteiger partial charge in [-0.2, -0.15) is 0 Å². The van der Waals surface area contributed by atoms with Crippen LogP contribution in [0.25, 0.3) is 6.08 Å². The molecule has 0 radical (unpaired) electrons. The number of anilines is 1. The molecule has 2 amide bonds.